The first-order valence-corrected chi connectivity index (χ1v) is 10.6. The number of hydrogen-bond acceptors (Lipinski definition) is 10. The molecule has 33 heavy (non-hydrogen) atoms. The zero-order chi connectivity index (χ0) is 24.0. The van der Waals surface area contributed by atoms with Crippen molar-refractivity contribution < 1.29 is 39.5 Å². The number of carbonyl (C=O) groups is 2. The topological polar surface area (TPSA) is 168 Å². The maximum absolute atomic E-state index is 13.3. The Morgan fingerprint density at radius 2 is 1.85 bits per heavy atom. The van der Waals surface area contributed by atoms with Crippen molar-refractivity contribution >= 4 is 11.6 Å². The number of rotatable bonds is 5. The Balaban J connectivity index is 1.61. The van der Waals surface area contributed by atoms with Crippen LogP contribution < -0.4 is 10.9 Å². The van der Waals surface area contributed by atoms with E-state index in [4.69, 9.17) is 9.47 Å². The van der Waals surface area contributed by atoms with Crippen molar-refractivity contribution in [2.24, 2.45) is 0 Å². The molecule has 0 aromatic carbocycles. The first-order chi connectivity index (χ1) is 15.7. The number of Topliss-reactive ketones (excluding diaryl/α,β-unsaturated/α-hetero) is 2. The Morgan fingerprint density at radius 3 is 2.55 bits per heavy atom. The van der Waals surface area contributed by atoms with Gasteiger partial charge in [0.15, 0.2) is 12.1 Å². The molecule has 3 heterocycles. The quantitative estimate of drug-likeness (QED) is 0.335. The minimum Gasteiger partial charge on any atom is -0.394 e. The van der Waals surface area contributed by atoms with Gasteiger partial charge in [0.05, 0.1) is 30.0 Å². The minimum absolute atomic E-state index is 0.0386. The first kappa shape index (κ1) is 23.5. The molecule has 11 nitrogen and oxygen atoms in total. The number of nitrogens with one attached hydrogen (secondary N) is 1. The number of carbonyl (C=O) groups excluding carboxylic acids is 2. The van der Waals surface area contributed by atoms with Crippen molar-refractivity contribution in [2.75, 3.05) is 19.8 Å². The lowest BCUT2D eigenvalue weighted by molar-refractivity contribution is -0.301. The molecular weight excluding hydrogens is 436 g/mol. The Morgan fingerprint density at radius 1 is 1.12 bits per heavy atom. The third-order valence-electron chi connectivity index (χ3n) is 6.18. The largest absolute Gasteiger partial charge is 0.394 e. The van der Waals surface area contributed by atoms with Crippen LogP contribution in [0.3, 0.4) is 0 Å². The van der Waals surface area contributed by atoms with E-state index in [2.05, 4.69) is 5.32 Å². The van der Waals surface area contributed by atoms with Gasteiger partial charge in [0.2, 0.25) is 5.78 Å². The summed E-state index contributed by atoms with van der Waals surface area (Å²) in [6, 6.07) is 1.28. The van der Waals surface area contributed by atoms with Gasteiger partial charge in [0, 0.05) is 19.2 Å². The van der Waals surface area contributed by atoms with Crippen LogP contribution in [0.5, 0.6) is 0 Å². The van der Waals surface area contributed by atoms with Crippen molar-refractivity contribution in [2.45, 2.75) is 51.1 Å². The van der Waals surface area contributed by atoms with E-state index in [0.29, 0.717) is 23.3 Å². The van der Waals surface area contributed by atoms with Crippen LogP contribution in [-0.4, -0.2) is 87.0 Å². The van der Waals surface area contributed by atoms with Crippen LogP contribution >= 0.6 is 0 Å². The molecule has 5 N–H and O–H groups in total. The second-order valence-corrected chi connectivity index (χ2v) is 8.29. The van der Waals surface area contributed by atoms with Crippen LogP contribution in [0.25, 0.3) is 0 Å². The Labute approximate surface area is 188 Å². The number of ketones is 2. The maximum atomic E-state index is 13.3. The average molecular weight is 462 g/mol. The van der Waals surface area contributed by atoms with Crippen LogP contribution in [0.1, 0.15) is 33.3 Å². The molecule has 2 aliphatic heterocycles. The van der Waals surface area contributed by atoms with Gasteiger partial charge in [-0.25, -0.2) is 0 Å². The fraction of sp³-hybridized carbons (Fsp3) is 0.500. The molecule has 1 saturated heterocycles. The fourth-order valence-electron chi connectivity index (χ4n) is 4.40. The summed E-state index contributed by atoms with van der Waals surface area (Å²) in [5.74, 6) is -0.817. The van der Waals surface area contributed by atoms with Gasteiger partial charge >= 0.3 is 0 Å². The highest BCUT2D eigenvalue weighted by Gasteiger charge is 2.44. The molecule has 4 rings (SSSR count). The highest BCUT2D eigenvalue weighted by Crippen LogP contribution is 2.32. The summed E-state index contributed by atoms with van der Waals surface area (Å²) in [7, 11) is 0. The molecule has 1 aromatic heterocycles. The average Bonchev–Trinajstić information content (AvgIpc) is 2.78. The first-order valence-electron chi connectivity index (χ1n) is 10.6. The van der Waals surface area contributed by atoms with Gasteiger partial charge in [0.25, 0.3) is 5.56 Å². The molecule has 1 aliphatic carbocycles. The lowest BCUT2D eigenvalue weighted by Crippen LogP contribution is -2.59. The Bertz CT molecular complexity index is 1120. The summed E-state index contributed by atoms with van der Waals surface area (Å²) in [6.07, 6.45) is -5.42. The third-order valence-corrected chi connectivity index (χ3v) is 6.18. The van der Waals surface area contributed by atoms with E-state index < -0.39 is 48.7 Å². The molecule has 0 bridgehead atoms. The number of pyridine rings is 1. The van der Waals surface area contributed by atoms with Gasteiger partial charge in [-0.2, -0.15) is 0 Å². The Kier molecular flexibility index (Phi) is 6.36. The number of ether oxygens (including phenoxy) is 2. The molecule has 1 aromatic rings. The number of allylic oxidation sites excluding steroid dienone is 3. The molecule has 5 unspecified atom stereocenters. The highest BCUT2D eigenvalue weighted by molar-refractivity contribution is 6.28. The summed E-state index contributed by atoms with van der Waals surface area (Å²) < 4.78 is 11.9. The van der Waals surface area contributed by atoms with Crippen LogP contribution in [0.2, 0.25) is 0 Å². The maximum Gasteiger partial charge on any atom is 0.251 e. The number of aliphatic hydroxyl groups is 4. The normalized spacial score (nSPS) is 29.4. The van der Waals surface area contributed by atoms with Crippen LogP contribution in [0.15, 0.2) is 33.8 Å². The third kappa shape index (κ3) is 3.86. The molecule has 3 aliphatic rings. The van der Waals surface area contributed by atoms with E-state index in [-0.39, 0.29) is 35.9 Å². The van der Waals surface area contributed by atoms with Crippen LogP contribution in [0.4, 0.5) is 0 Å². The predicted molar refractivity (Wildman–Crippen MR) is 113 cm³/mol. The van der Waals surface area contributed by atoms with Crippen molar-refractivity contribution in [3.8, 4) is 0 Å². The number of nitrogens with zero attached hydrogens (tertiary/aromatic N) is 1. The van der Waals surface area contributed by atoms with Crippen molar-refractivity contribution in [1.29, 1.82) is 0 Å². The summed E-state index contributed by atoms with van der Waals surface area (Å²) in [5.41, 5.74) is 1.15. The predicted octanol–water partition coefficient (Wildman–Crippen LogP) is -1.84. The van der Waals surface area contributed by atoms with Crippen molar-refractivity contribution in [1.82, 2.24) is 9.88 Å². The van der Waals surface area contributed by atoms with Gasteiger partial charge < -0.3 is 39.8 Å². The van der Waals surface area contributed by atoms with Gasteiger partial charge in [-0.15, -0.1) is 0 Å². The van der Waals surface area contributed by atoms with Gasteiger partial charge in [-0.1, -0.05) is 6.08 Å². The zero-order valence-corrected chi connectivity index (χ0v) is 18.1. The summed E-state index contributed by atoms with van der Waals surface area (Å²) >= 11 is 0. The molecule has 0 radical (unpaired) electrons. The van der Waals surface area contributed by atoms with Crippen molar-refractivity contribution in [3.05, 3.63) is 56.2 Å². The van der Waals surface area contributed by atoms with E-state index in [1.54, 1.807) is 13.8 Å². The zero-order valence-electron chi connectivity index (χ0n) is 18.1. The fourth-order valence-corrected chi connectivity index (χ4v) is 4.40. The SMILES string of the molecule is CC1=CCNC2=C1C(=O)c1c(C)cc(=O)n(CCOC3OC(CO)C(O)C(O)C3O)c1C2=O. The Hall–Kier alpha value is -2.67. The van der Waals surface area contributed by atoms with Gasteiger partial charge in [-0.05, 0) is 25.0 Å². The second kappa shape index (κ2) is 8.93. The number of aryl methyl sites for hydroxylation is 1. The molecule has 11 heteroatoms. The smallest absolute Gasteiger partial charge is 0.251 e. The number of aliphatic hydroxyl groups excluding tert-OH is 4. The monoisotopic (exact) mass is 462 g/mol. The van der Waals surface area contributed by atoms with E-state index in [0.717, 1.165) is 4.57 Å². The molecule has 0 spiro atoms. The molecule has 0 amide bonds. The van der Waals surface area contributed by atoms with Gasteiger partial charge in [0.1, 0.15) is 30.1 Å². The molecule has 0 saturated carbocycles. The van der Waals surface area contributed by atoms with E-state index in [1.807, 2.05) is 6.08 Å². The van der Waals surface area contributed by atoms with Crippen LogP contribution in [0, 0.1) is 6.92 Å². The van der Waals surface area contributed by atoms with E-state index in [1.165, 1.54) is 6.07 Å². The number of dihydropyridines is 1. The van der Waals surface area contributed by atoms with Gasteiger partial charge in [-0.3, -0.25) is 14.4 Å². The lowest BCUT2D eigenvalue weighted by atomic mass is 9.83. The molecule has 1 fully saturated rings. The summed E-state index contributed by atoms with van der Waals surface area (Å²) in [4.78, 5) is 39.3. The van der Waals surface area contributed by atoms with Crippen molar-refractivity contribution in [3.63, 3.8) is 0 Å². The standard InChI is InChI=1S/C22H26N2O9/c1-9-3-4-23-15-13(9)18(28)14-10(2)7-12(26)24(16(14)19(15)29)5-6-32-22-21(31)20(30)17(27)11(8-25)33-22/h3,7,11,17,20-23,25,27,30-31H,4-6,8H2,1-2H3. The van der Waals surface area contributed by atoms with E-state index >= 15 is 0 Å². The second-order valence-electron chi connectivity index (χ2n) is 8.29. The van der Waals surface area contributed by atoms with E-state index in [9.17, 15) is 34.8 Å². The molecule has 5 atom stereocenters. The molecule has 178 valence electrons. The minimum atomic E-state index is -1.60. The number of hydrogen-bond donors (Lipinski definition) is 5. The van der Waals surface area contributed by atoms with Crippen LogP contribution in [-0.2, 0) is 16.0 Å². The number of fused-ring (bicyclic) bond motifs is 1. The summed E-state index contributed by atoms with van der Waals surface area (Å²) in [5, 5.41) is 42.1. The highest BCUT2D eigenvalue weighted by atomic mass is 16.7. The molecular formula is C22H26N2O9. The lowest BCUT2D eigenvalue weighted by Gasteiger charge is -2.39. The number of aromatic nitrogens is 1. The summed E-state index contributed by atoms with van der Waals surface area (Å²) in [6.45, 7) is 2.76.